The van der Waals surface area contributed by atoms with E-state index in [1.54, 1.807) is 0 Å². The number of hydrogen-bond donors (Lipinski definition) is 1. The van der Waals surface area contributed by atoms with Crippen molar-refractivity contribution in [1.82, 2.24) is 15.3 Å². The highest BCUT2D eigenvalue weighted by Gasteiger charge is 2.31. The zero-order chi connectivity index (χ0) is 14.8. The van der Waals surface area contributed by atoms with Crippen molar-refractivity contribution in [2.45, 2.75) is 65.8 Å². The van der Waals surface area contributed by atoms with Crippen LogP contribution in [0.5, 0.6) is 0 Å². The number of nitrogens with zero attached hydrogens (tertiary/aromatic N) is 2. The summed E-state index contributed by atoms with van der Waals surface area (Å²) in [5.74, 6) is 2.48. The van der Waals surface area contributed by atoms with Crippen molar-refractivity contribution < 1.29 is 0 Å². The molecular weight excluding hydrogens is 246 g/mol. The first kappa shape index (κ1) is 15.4. The Morgan fingerprint density at radius 2 is 1.80 bits per heavy atom. The standard InChI is InChI=1S/C17H29N3/c1-12-10-15(11-18-5)20-16(19-12)13-6-8-14(9-7-13)17(2,3)4/h10,13-14,18H,6-9,11H2,1-5H3. The Hall–Kier alpha value is -0.960. The lowest BCUT2D eigenvalue weighted by atomic mass is 9.69. The second-order valence-corrected chi connectivity index (χ2v) is 7.30. The van der Waals surface area contributed by atoms with E-state index in [-0.39, 0.29) is 0 Å². The number of nitrogens with one attached hydrogen (secondary N) is 1. The SMILES string of the molecule is CNCc1cc(C)nc(C2CCC(C(C)(C)C)CC2)n1. The highest BCUT2D eigenvalue weighted by atomic mass is 14.9. The Bertz CT molecular complexity index is 440. The Kier molecular flexibility index (Phi) is 4.79. The summed E-state index contributed by atoms with van der Waals surface area (Å²) < 4.78 is 0. The lowest BCUT2D eigenvalue weighted by Crippen LogP contribution is -2.26. The first-order valence-electron chi connectivity index (χ1n) is 7.89. The van der Waals surface area contributed by atoms with Crippen LogP contribution in [0.1, 0.15) is 69.6 Å². The van der Waals surface area contributed by atoms with Crippen molar-refractivity contribution in [1.29, 1.82) is 0 Å². The molecule has 0 spiro atoms. The van der Waals surface area contributed by atoms with Crippen molar-refractivity contribution >= 4 is 0 Å². The molecule has 1 N–H and O–H groups in total. The van der Waals surface area contributed by atoms with E-state index in [1.165, 1.54) is 25.7 Å². The summed E-state index contributed by atoms with van der Waals surface area (Å²) in [6.45, 7) is 10.0. The highest BCUT2D eigenvalue weighted by Crippen LogP contribution is 2.42. The molecular formula is C17H29N3. The van der Waals surface area contributed by atoms with Gasteiger partial charge in [-0.1, -0.05) is 20.8 Å². The zero-order valence-corrected chi connectivity index (χ0v) is 13.7. The molecule has 20 heavy (non-hydrogen) atoms. The maximum absolute atomic E-state index is 4.76. The molecule has 0 amide bonds. The van der Waals surface area contributed by atoms with Crippen LogP contribution in [0.2, 0.25) is 0 Å². The topological polar surface area (TPSA) is 37.8 Å². The van der Waals surface area contributed by atoms with Crippen LogP contribution < -0.4 is 5.32 Å². The van der Waals surface area contributed by atoms with Gasteiger partial charge in [-0.05, 0) is 57.1 Å². The van der Waals surface area contributed by atoms with Crippen molar-refractivity contribution in [2.75, 3.05) is 7.05 Å². The quantitative estimate of drug-likeness (QED) is 0.911. The third-order valence-electron chi connectivity index (χ3n) is 4.60. The largest absolute Gasteiger partial charge is 0.314 e. The highest BCUT2D eigenvalue weighted by molar-refractivity contribution is 5.13. The molecule has 1 aliphatic rings. The summed E-state index contributed by atoms with van der Waals surface area (Å²) in [7, 11) is 1.96. The molecule has 1 aliphatic carbocycles. The summed E-state index contributed by atoms with van der Waals surface area (Å²) in [6.07, 6.45) is 5.11. The van der Waals surface area contributed by atoms with Gasteiger partial charge >= 0.3 is 0 Å². The van der Waals surface area contributed by atoms with Crippen LogP contribution in [0, 0.1) is 18.3 Å². The van der Waals surface area contributed by atoms with E-state index in [4.69, 9.17) is 4.98 Å². The fourth-order valence-electron chi connectivity index (χ4n) is 3.33. The molecule has 1 fully saturated rings. The molecule has 2 rings (SSSR count). The molecule has 0 aliphatic heterocycles. The molecule has 1 heterocycles. The smallest absolute Gasteiger partial charge is 0.131 e. The van der Waals surface area contributed by atoms with E-state index in [9.17, 15) is 0 Å². The molecule has 0 radical (unpaired) electrons. The molecule has 3 heteroatoms. The van der Waals surface area contributed by atoms with Crippen molar-refractivity contribution in [3.05, 3.63) is 23.3 Å². The molecule has 0 atom stereocenters. The predicted octanol–water partition coefficient (Wildman–Crippen LogP) is 3.82. The average molecular weight is 275 g/mol. The second kappa shape index (κ2) is 6.21. The van der Waals surface area contributed by atoms with E-state index in [0.29, 0.717) is 11.3 Å². The van der Waals surface area contributed by atoms with Gasteiger partial charge in [0.25, 0.3) is 0 Å². The number of rotatable bonds is 3. The van der Waals surface area contributed by atoms with Gasteiger partial charge < -0.3 is 5.32 Å². The van der Waals surface area contributed by atoms with Gasteiger partial charge in [0.05, 0.1) is 5.69 Å². The minimum absolute atomic E-state index is 0.440. The maximum Gasteiger partial charge on any atom is 0.131 e. The molecule has 1 aromatic heterocycles. The van der Waals surface area contributed by atoms with E-state index < -0.39 is 0 Å². The molecule has 1 saturated carbocycles. The monoisotopic (exact) mass is 275 g/mol. The first-order chi connectivity index (χ1) is 9.40. The van der Waals surface area contributed by atoms with Gasteiger partial charge in [-0.2, -0.15) is 0 Å². The lowest BCUT2D eigenvalue weighted by molar-refractivity contribution is 0.167. The predicted molar refractivity (Wildman–Crippen MR) is 83.7 cm³/mol. The minimum Gasteiger partial charge on any atom is -0.314 e. The lowest BCUT2D eigenvalue weighted by Gasteiger charge is -2.36. The van der Waals surface area contributed by atoms with Gasteiger partial charge in [0, 0.05) is 18.2 Å². The summed E-state index contributed by atoms with van der Waals surface area (Å²) in [4.78, 5) is 9.45. The molecule has 3 nitrogen and oxygen atoms in total. The van der Waals surface area contributed by atoms with Gasteiger partial charge in [0.2, 0.25) is 0 Å². The summed E-state index contributed by atoms with van der Waals surface area (Å²) in [5.41, 5.74) is 2.65. The second-order valence-electron chi connectivity index (χ2n) is 7.30. The van der Waals surface area contributed by atoms with Gasteiger partial charge in [0.1, 0.15) is 5.82 Å². The third kappa shape index (κ3) is 3.78. The van der Waals surface area contributed by atoms with Gasteiger partial charge in [0.15, 0.2) is 0 Å². The minimum atomic E-state index is 0.440. The fourth-order valence-corrected chi connectivity index (χ4v) is 3.33. The number of hydrogen-bond acceptors (Lipinski definition) is 3. The third-order valence-corrected chi connectivity index (χ3v) is 4.60. The van der Waals surface area contributed by atoms with E-state index >= 15 is 0 Å². The molecule has 0 saturated heterocycles. The molecule has 0 aromatic carbocycles. The molecule has 0 unspecified atom stereocenters. The number of aryl methyl sites for hydroxylation is 1. The van der Waals surface area contributed by atoms with Crippen LogP contribution in [0.15, 0.2) is 6.07 Å². The van der Waals surface area contributed by atoms with E-state index in [0.717, 1.165) is 29.7 Å². The summed E-state index contributed by atoms with van der Waals surface area (Å²) in [5, 5.41) is 3.18. The first-order valence-corrected chi connectivity index (χ1v) is 7.89. The Morgan fingerprint density at radius 3 is 2.35 bits per heavy atom. The summed E-state index contributed by atoms with van der Waals surface area (Å²) in [6, 6.07) is 2.08. The Labute approximate surface area is 123 Å². The van der Waals surface area contributed by atoms with Crippen LogP contribution in [0.3, 0.4) is 0 Å². The van der Waals surface area contributed by atoms with Crippen LogP contribution in [-0.2, 0) is 6.54 Å². The van der Waals surface area contributed by atoms with E-state index in [1.807, 2.05) is 7.05 Å². The van der Waals surface area contributed by atoms with Crippen LogP contribution in [0.25, 0.3) is 0 Å². The molecule has 112 valence electrons. The van der Waals surface area contributed by atoms with Crippen molar-refractivity contribution in [2.24, 2.45) is 11.3 Å². The van der Waals surface area contributed by atoms with Crippen molar-refractivity contribution in [3.63, 3.8) is 0 Å². The summed E-state index contributed by atoms with van der Waals surface area (Å²) >= 11 is 0. The normalized spacial score (nSPS) is 23.9. The zero-order valence-electron chi connectivity index (χ0n) is 13.7. The van der Waals surface area contributed by atoms with Gasteiger partial charge in [-0.15, -0.1) is 0 Å². The van der Waals surface area contributed by atoms with Crippen LogP contribution >= 0.6 is 0 Å². The number of aromatic nitrogens is 2. The van der Waals surface area contributed by atoms with Gasteiger partial charge in [-0.25, -0.2) is 9.97 Å². The maximum atomic E-state index is 4.76. The Balaban J connectivity index is 2.07. The fraction of sp³-hybridized carbons (Fsp3) is 0.765. The van der Waals surface area contributed by atoms with Crippen molar-refractivity contribution in [3.8, 4) is 0 Å². The van der Waals surface area contributed by atoms with Gasteiger partial charge in [-0.3, -0.25) is 0 Å². The molecule has 1 aromatic rings. The van der Waals surface area contributed by atoms with Crippen LogP contribution in [0.4, 0.5) is 0 Å². The average Bonchev–Trinajstić information content (AvgIpc) is 2.37. The van der Waals surface area contributed by atoms with E-state index in [2.05, 4.69) is 44.1 Å². The molecule has 0 bridgehead atoms. The Morgan fingerprint density at radius 1 is 1.15 bits per heavy atom. The van der Waals surface area contributed by atoms with Crippen LogP contribution in [-0.4, -0.2) is 17.0 Å².